The quantitative estimate of drug-likeness (QED) is 0.344. The van der Waals surface area contributed by atoms with Gasteiger partial charge in [-0.2, -0.15) is 0 Å². The number of aliphatic hydroxyl groups is 4. The van der Waals surface area contributed by atoms with Gasteiger partial charge in [-0.05, 0) is 12.8 Å². The van der Waals surface area contributed by atoms with Crippen molar-refractivity contribution in [3.63, 3.8) is 0 Å². The van der Waals surface area contributed by atoms with Gasteiger partial charge >= 0.3 is 0 Å². The molecule has 0 aromatic heterocycles. The summed E-state index contributed by atoms with van der Waals surface area (Å²) in [7, 11) is 0. The second-order valence-electron chi connectivity index (χ2n) is 4.67. The highest BCUT2D eigenvalue weighted by atomic mass is 16.5. The van der Waals surface area contributed by atoms with Gasteiger partial charge in [-0.3, -0.25) is 0 Å². The summed E-state index contributed by atoms with van der Waals surface area (Å²) in [5.41, 5.74) is 5.78. The first kappa shape index (κ1) is 12.2. The molecule has 0 radical (unpaired) electrons. The highest BCUT2D eigenvalue weighted by molar-refractivity contribution is 5.03. The number of ether oxygens (including phenoxy) is 1. The van der Waals surface area contributed by atoms with Crippen molar-refractivity contribution in [2.75, 3.05) is 6.61 Å². The first-order valence-electron chi connectivity index (χ1n) is 5.63. The molecule has 0 bridgehead atoms. The Bertz CT molecular complexity index is 229. The van der Waals surface area contributed by atoms with E-state index in [0.29, 0.717) is 6.61 Å². The molecule has 16 heavy (non-hydrogen) atoms. The Kier molecular flexibility index (Phi) is 3.48. The standard InChI is InChI=1S/C10H19NO5/c11-6-5(4-2-1-3-16-4)7(12)9(14)10(15)8(6)13/h4-10,12-15H,1-3,11H2/t4-,5+,6+,7+,8-,9+,10-/m1/s1. The molecule has 7 atom stereocenters. The Balaban J connectivity index is 2.15. The van der Waals surface area contributed by atoms with Crippen LogP contribution in [0, 0.1) is 5.92 Å². The van der Waals surface area contributed by atoms with Crippen molar-refractivity contribution in [2.45, 2.75) is 49.4 Å². The molecule has 6 nitrogen and oxygen atoms in total. The van der Waals surface area contributed by atoms with E-state index in [1.165, 1.54) is 0 Å². The van der Waals surface area contributed by atoms with Crippen molar-refractivity contribution < 1.29 is 25.2 Å². The highest BCUT2D eigenvalue weighted by Crippen LogP contribution is 2.33. The Hall–Kier alpha value is -0.240. The molecule has 0 aromatic carbocycles. The zero-order chi connectivity index (χ0) is 11.9. The van der Waals surface area contributed by atoms with Crippen LogP contribution in [-0.4, -0.2) is 63.6 Å². The first-order chi connectivity index (χ1) is 7.54. The summed E-state index contributed by atoms with van der Waals surface area (Å²) >= 11 is 0. The average Bonchev–Trinajstić information content (AvgIpc) is 2.77. The molecule has 6 heteroatoms. The molecule has 0 unspecified atom stereocenters. The third-order valence-electron chi connectivity index (χ3n) is 3.68. The minimum Gasteiger partial charge on any atom is -0.390 e. The Morgan fingerprint density at radius 3 is 2.12 bits per heavy atom. The number of hydrogen-bond donors (Lipinski definition) is 5. The molecule has 2 aliphatic rings. The van der Waals surface area contributed by atoms with Crippen LogP contribution < -0.4 is 5.73 Å². The minimum absolute atomic E-state index is 0.248. The van der Waals surface area contributed by atoms with E-state index in [1.807, 2.05) is 0 Å². The molecule has 1 saturated carbocycles. The van der Waals surface area contributed by atoms with E-state index in [1.54, 1.807) is 0 Å². The molecule has 1 saturated heterocycles. The largest absolute Gasteiger partial charge is 0.390 e. The van der Waals surface area contributed by atoms with Crippen LogP contribution in [0.2, 0.25) is 0 Å². The summed E-state index contributed by atoms with van der Waals surface area (Å²) in [6.45, 7) is 0.606. The minimum atomic E-state index is -1.40. The smallest absolute Gasteiger partial charge is 0.110 e. The summed E-state index contributed by atoms with van der Waals surface area (Å²) in [5, 5.41) is 38.6. The van der Waals surface area contributed by atoms with Gasteiger partial charge in [-0.1, -0.05) is 0 Å². The third kappa shape index (κ3) is 1.85. The van der Waals surface area contributed by atoms with Gasteiger partial charge < -0.3 is 30.9 Å². The maximum absolute atomic E-state index is 9.88. The maximum Gasteiger partial charge on any atom is 0.110 e. The number of rotatable bonds is 1. The van der Waals surface area contributed by atoms with Gasteiger partial charge in [0.1, 0.15) is 12.2 Å². The van der Waals surface area contributed by atoms with Crippen molar-refractivity contribution >= 4 is 0 Å². The van der Waals surface area contributed by atoms with Gasteiger partial charge in [0.15, 0.2) is 0 Å². The van der Waals surface area contributed by atoms with Gasteiger partial charge in [-0.25, -0.2) is 0 Å². The summed E-state index contributed by atoms with van der Waals surface area (Å²) in [6.07, 6.45) is -3.77. The van der Waals surface area contributed by atoms with Crippen molar-refractivity contribution in [3.05, 3.63) is 0 Å². The molecule has 0 amide bonds. The first-order valence-corrected chi connectivity index (χ1v) is 5.63. The van der Waals surface area contributed by atoms with E-state index in [9.17, 15) is 20.4 Å². The van der Waals surface area contributed by atoms with Crippen molar-refractivity contribution in [1.82, 2.24) is 0 Å². The Morgan fingerprint density at radius 2 is 1.56 bits per heavy atom. The molecule has 6 N–H and O–H groups in total. The molecule has 1 aliphatic heterocycles. The summed E-state index contributed by atoms with van der Waals surface area (Å²) in [4.78, 5) is 0. The molecular formula is C10H19NO5. The molecular weight excluding hydrogens is 214 g/mol. The van der Waals surface area contributed by atoms with Crippen LogP contribution in [0.25, 0.3) is 0 Å². The summed E-state index contributed by atoms with van der Waals surface area (Å²) in [6, 6.07) is -0.781. The SMILES string of the molecule is N[C@@H]1[C@@H](O)[C@@H](O)[C@@H](O)[C@@H](O)[C@H]1[C@H]1CCCO1. The monoisotopic (exact) mass is 233 g/mol. The normalized spacial score (nSPS) is 54.2. The number of hydrogen-bond acceptors (Lipinski definition) is 6. The molecule has 2 fully saturated rings. The van der Waals surface area contributed by atoms with Crippen LogP contribution in [0.4, 0.5) is 0 Å². The zero-order valence-corrected chi connectivity index (χ0v) is 8.94. The topological polar surface area (TPSA) is 116 Å². The van der Waals surface area contributed by atoms with Gasteiger partial charge in [0.25, 0.3) is 0 Å². The lowest BCUT2D eigenvalue weighted by atomic mass is 9.74. The molecule has 94 valence electrons. The van der Waals surface area contributed by atoms with E-state index in [0.717, 1.165) is 12.8 Å². The van der Waals surface area contributed by atoms with Gasteiger partial charge in [0, 0.05) is 18.6 Å². The summed E-state index contributed by atoms with van der Waals surface area (Å²) < 4.78 is 5.42. The van der Waals surface area contributed by atoms with E-state index >= 15 is 0 Å². The van der Waals surface area contributed by atoms with Crippen LogP contribution in [0.3, 0.4) is 0 Å². The third-order valence-corrected chi connectivity index (χ3v) is 3.68. The van der Waals surface area contributed by atoms with Crippen LogP contribution in [0.15, 0.2) is 0 Å². The predicted molar refractivity (Wildman–Crippen MR) is 54.5 cm³/mol. The molecule has 2 rings (SSSR count). The van der Waals surface area contributed by atoms with E-state index in [-0.39, 0.29) is 6.10 Å². The second kappa shape index (κ2) is 4.56. The fraction of sp³-hybridized carbons (Fsp3) is 1.00. The van der Waals surface area contributed by atoms with Crippen molar-refractivity contribution in [3.8, 4) is 0 Å². The van der Waals surface area contributed by atoms with Gasteiger partial charge in [0.2, 0.25) is 0 Å². The fourth-order valence-electron chi connectivity index (χ4n) is 2.69. The molecule has 1 heterocycles. The van der Waals surface area contributed by atoms with Gasteiger partial charge in [-0.15, -0.1) is 0 Å². The zero-order valence-electron chi connectivity index (χ0n) is 8.94. The highest BCUT2D eigenvalue weighted by Gasteiger charge is 2.50. The lowest BCUT2D eigenvalue weighted by Crippen LogP contribution is -2.66. The average molecular weight is 233 g/mol. The molecule has 0 aromatic rings. The van der Waals surface area contributed by atoms with Crippen LogP contribution in [-0.2, 0) is 4.74 Å². The lowest BCUT2D eigenvalue weighted by molar-refractivity contribution is -0.183. The fourth-order valence-corrected chi connectivity index (χ4v) is 2.69. The predicted octanol–water partition coefficient (Wildman–Crippen LogP) is -2.43. The summed E-state index contributed by atoms with van der Waals surface area (Å²) in [5.74, 6) is -0.532. The van der Waals surface area contributed by atoms with E-state index < -0.39 is 36.4 Å². The van der Waals surface area contributed by atoms with Gasteiger partial charge in [0.05, 0.1) is 18.3 Å². The number of aliphatic hydroxyl groups excluding tert-OH is 4. The Morgan fingerprint density at radius 1 is 0.938 bits per heavy atom. The lowest BCUT2D eigenvalue weighted by Gasteiger charge is -2.44. The van der Waals surface area contributed by atoms with E-state index in [4.69, 9.17) is 10.5 Å². The second-order valence-corrected chi connectivity index (χ2v) is 4.67. The van der Waals surface area contributed by atoms with Crippen LogP contribution >= 0.6 is 0 Å². The molecule has 0 spiro atoms. The van der Waals surface area contributed by atoms with Crippen LogP contribution in [0.1, 0.15) is 12.8 Å². The Labute approximate surface area is 93.6 Å². The number of nitrogens with two attached hydrogens (primary N) is 1. The van der Waals surface area contributed by atoms with Crippen molar-refractivity contribution in [2.24, 2.45) is 11.7 Å². The molecule has 1 aliphatic carbocycles. The van der Waals surface area contributed by atoms with E-state index in [2.05, 4.69) is 0 Å². The maximum atomic E-state index is 9.88. The van der Waals surface area contributed by atoms with Crippen molar-refractivity contribution in [1.29, 1.82) is 0 Å². The van der Waals surface area contributed by atoms with Crippen LogP contribution in [0.5, 0.6) is 0 Å².